The summed E-state index contributed by atoms with van der Waals surface area (Å²) in [5.41, 5.74) is 4.57. The van der Waals surface area contributed by atoms with Gasteiger partial charge in [0, 0.05) is 60.2 Å². The lowest BCUT2D eigenvalue weighted by atomic mass is 10.1. The average molecular weight is 425 g/mol. The number of anilines is 2. The summed E-state index contributed by atoms with van der Waals surface area (Å²) in [5.74, 6) is 0. The fourth-order valence-electron chi connectivity index (χ4n) is 3.55. The number of hydrogen-bond acceptors (Lipinski definition) is 4. The molecule has 1 aliphatic rings. The highest BCUT2D eigenvalue weighted by Crippen LogP contribution is 2.28. The second-order valence-corrected chi connectivity index (χ2v) is 8.16. The maximum absolute atomic E-state index is 4.46. The van der Waals surface area contributed by atoms with Crippen LogP contribution in [0.25, 0.3) is 10.9 Å². The number of fused-ring (bicyclic) bond motifs is 1. The van der Waals surface area contributed by atoms with E-state index >= 15 is 0 Å². The first-order valence-corrected chi connectivity index (χ1v) is 10.3. The van der Waals surface area contributed by atoms with Gasteiger partial charge in [-0.1, -0.05) is 28.1 Å². The molecular weight excluding hydrogens is 400 g/mol. The van der Waals surface area contributed by atoms with Crippen molar-refractivity contribution in [3.05, 3.63) is 64.8 Å². The van der Waals surface area contributed by atoms with Crippen molar-refractivity contribution in [1.29, 1.82) is 0 Å². The van der Waals surface area contributed by atoms with Crippen LogP contribution in [0.15, 0.2) is 59.2 Å². The van der Waals surface area contributed by atoms with Crippen molar-refractivity contribution in [2.75, 3.05) is 45.1 Å². The molecule has 0 atom stereocenters. The predicted octanol–water partition coefficient (Wildman–Crippen LogP) is 4.53. The number of nitrogens with one attached hydrogen (secondary N) is 1. The van der Waals surface area contributed by atoms with Crippen LogP contribution in [0, 0.1) is 0 Å². The maximum atomic E-state index is 4.46. The molecule has 1 fully saturated rings. The van der Waals surface area contributed by atoms with Crippen molar-refractivity contribution < 1.29 is 0 Å². The highest BCUT2D eigenvalue weighted by molar-refractivity contribution is 9.10. The van der Waals surface area contributed by atoms with E-state index in [2.05, 4.69) is 73.4 Å². The predicted molar refractivity (Wildman–Crippen MR) is 117 cm³/mol. The monoisotopic (exact) mass is 424 g/mol. The number of piperazine rings is 1. The lowest BCUT2D eigenvalue weighted by molar-refractivity contribution is 0.155. The van der Waals surface area contributed by atoms with E-state index in [9.17, 15) is 0 Å². The summed E-state index contributed by atoms with van der Waals surface area (Å²) in [7, 11) is 2.20. The Hall–Kier alpha value is -1.95. The van der Waals surface area contributed by atoms with Crippen LogP contribution in [0.2, 0.25) is 0 Å². The molecule has 1 N–H and O–H groups in total. The molecule has 0 radical (unpaired) electrons. The van der Waals surface area contributed by atoms with Crippen molar-refractivity contribution in [3.8, 4) is 0 Å². The molecule has 0 amide bonds. The fraction of sp³-hybridized carbons (Fsp3) is 0.318. The van der Waals surface area contributed by atoms with Gasteiger partial charge >= 0.3 is 0 Å². The molecule has 4 rings (SSSR count). The van der Waals surface area contributed by atoms with E-state index in [1.165, 1.54) is 31.7 Å². The first-order chi connectivity index (χ1) is 13.2. The van der Waals surface area contributed by atoms with Crippen LogP contribution in [0.5, 0.6) is 0 Å². The molecule has 0 unspecified atom stereocenters. The molecule has 5 heteroatoms. The molecule has 0 aliphatic carbocycles. The number of likely N-dealkylation sites (N-methyl/N-ethyl adjacent to an activating group) is 1. The Bertz CT molecular complexity index is 919. The van der Waals surface area contributed by atoms with Crippen molar-refractivity contribution >= 4 is 38.2 Å². The number of benzene rings is 2. The summed E-state index contributed by atoms with van der Waals surface area (Å²) >= 11 is 3.56. The molecule has 3 aromatic rings. The topological polar surface area (TPSA) is 31.4 Å². The molecule has 0 spiro atoms. The Balaban J connectivity index is 1.46. The van der Waals surface area contributed by atoms with Gasteiger partial charge in [-0.05, 0) is 55.4 Å². The second-order valence-electron chi connectivity index (χ2n) is 7.24. The molecule has 1 saturated heterocycles. The zero-order chi connectivity index (χ0) is 18.6. The first-order valence-electron chi connectivity index (χ1n) is 9.48. The second kappa shape index (κ2) is 8.38. The minimum atomic E-state index is 0.995. The lowest BCUT2D eigenvalue weighted by Crippen LogP contribution is -2.45. The quantitative estimate of drug-likeness (QED) is 0.651. The van der Waals surface area contributed by atoms with Crippen LogP contribution >= 0.6 is 15.9 Å². The Morgan fingerprint density at radius 2 is 1.89 bits per heavy atom. The van der Waals surface area contributed by atoms with Crippen molar-refractivity contribution in [2.24, 2.45) is 0 Å². The normalized spacial score (nSPS) is 15.9. The third-order valence-corrected chi connectivity index (χ3v) is 5.72. The molecule has 140 valence electrons. The standard InChI is InChI=1S/C22H25BrN4/c1-26-11-13-27(14-12-26)10-8-17-3-2-4-19(15-17)25-22-7-9-24-21-6-5-18(23)16-20(21)22/h2-7,9,15-16H,8,10-14H2,1H3,(H,24,25). The van der Waals surface area contributed by atoms with E-state index in [1.54, 1.807) is 0 Å². The van der Waals surface area contributed by atoms with E-state index in [0.29, 0.717) is 0 Å². The first kappa shape index (κ1) is 18.4. The number of pyridine rings is 1. The van der Waals surface area contributed by atoms with Gasteiger partial charge in [-0.3, -0.25) is 4.98 Å². The smallest absolute Gasteiger partial charge is 0.0723 e. The van der Waals surface area contributed by atoms with Crippen LogP contribution < -0.4 is 5.32 Å². The SMILES string of the molecule is CN1CCN(CCc2cccc(Nc3ccnc4ccc(Br)cc34)c2)CC1. The summed E-state index contributed by atoms with van der Waals surface area (Å²) in [6, 6.07) is 17.0. The molecule has 1 aromatic heterocycles. The largest absolute Gasteiger partial charge is 0.355 e. The van der Waals surface area contributed by atoms with E-state index in [-0.39, 0.29) is 0 Å². The van der Waals surface area contributed by atoms with Crippen LogP contribution in [0.3, 0.4) is 0 Å². The van der Waals surface area contributed by atoms with Crippen molar-refractivity contribution in [1.82, 2.24) is 14.8 Å². The summed E-state index contributed by atoms with van der Waals surface area (Å²) in [6.07, 6.45) is 2.94. The maximum Gasteiger partial charge on any atom is 0.0723 e. The van der Waals surface area contributed by atoms with Crippen molar-refractivity contribution in [2.45, 2.75) is 6.42 Å². The van der Waals surface area contributed by atoms with Gasteiger partial charge in [-0.25, -0.2) is 0 Å². The van der Waals surface area contributed by atoms with Gasteiger partial charge in [-0.15, -0.1) is 0 Å². The van der Waals surface area contributed by atoms with Gasteiger partial charge in [0.25, 0.3) is 0 Å². The van der Waals surface area contributed by atoms with Crippen LogP contribution in [-0.2, 0) is 6.42 Å². The molecule has 4 nitrogen and oxygen atoms in total. The summed E-state index contributed by atoms with van der Waals surface area (Å²) in [4.78, 5) is 9.42. The van der Waals surface area contributed by atoms with Crippen LogP contribution in [-0.4, -0.2) is 54.6 Å². The number of rotatable bonds is 5. The molecular formula is C22H25BrN4. The lowest BCUT2D eigenvalue weighted by Gasteiger charge is -2.32. The summed E-state index contributed by atoms with van der Waals surface area (Å²) in [5, 5.41) is 4.70. The van der Waals surface area contributed by atoms with Gasteiger partial charge in [0.05, 0.1) is 5.52 Å². The van der Waals surface area contributed by atoms with Gasteiger partial charge in [0.1, 0.15) is 0 Å². The minimum absolute atomic E-state index is 0.995. The molecule has 2 aromatic carbocycles. The zero-order valence-corrected chi connectivity index (χ0v) is 17.2. The number of hydrogen-bond donors (Lipinski definition) is 1. The fourth-order valence-corrected chi connectivity index (χ4v) is 3.91. The summed E-state index contributed by atoms with van der Waals surface area (Å²) < 4.78 is 1.06. The Morgan fingerprint density at radius 3 is 2.74 bits per heavy atom. The van der Waals surface area contributed by atoms with Gasteiger partial charge < -0.3 is 15.1 Å². The van der Waals surface area contributed by atoms with Crippen LogP contribution in [0.4, 0.5) is 11.4 Å². The van der Waals surface area contributed by atoms with Gasteiger partial charge in [0.15, 0.2) is 0 Å². The molecule has 0 saturated carbocycles. The number of halogens is 1. The average Bonchev–Trinajstić information content (AvgIpc) is 2.68. The van der Waals surface area contributed by atoms with Crippen molar-refractivity contribution in [3.63, 3.8) is 0 Å². The van der Waals surface area contributed by atoms with E-state index in [4.69, 9.17) is 0 Å². The highest BCUT2D eigenvalue weighted by Gasteiger charge is 2.13. The third kappa shape index (κ3) is 4.67. The van der Waals surface area contributed by atoms with E-state index < -0.39 is 0 Å². The number of nitrogens with zero attached hydrogens (tertiary/aromatic N) is 3. The third-order valence-electron chi connectivity index (χ3n) is 5.22. The van der Waals surface area contributed by atoms with Gasteiger partial charge in [-0.2, -0.15) is 0 Å². The highest BCUT2D eigenvalue weighted by atomic mass is 79.9. The number of aromatic nitrogens is 1. The Labute approximate surface area is 169 Å². The molecule has 27 heavy (non-hydrogen) atoms. The Kier molecular flexibility index (Phi) is 5.72. The molecule has 1 aliphatic heterocycles. The minimum Gasteiger partial charge on any atom is -0.355 e. The zero-order valence-electron chi connectivity index (χ0n) is 15.7. The van der Waals surface area contributed by atoms with Crippen LogP contribution in [0.1, 0.15) is 5.56 Å². The molecule has 0 bridgehead atoms. The molecule has 2 heterocycles. The van der Waals surface area contributed by atoms with E-state index in [1.807, 2.05) is 24.4 Å². The van der Waals surface area contributed by atoms with Gasteiger partial charge in [0.2, 0.25) is 0 Å². The van der Waals surface area contributed by atoms with E-state index in [0.717, 1.165) is 39.7 Å². The Morgan fingerprint density at radius 1 is 1.04 bits per heavy atom. The summed E-state index contributed by atoms with van der Waals surface area (Å²) in [6.45, 7) is 5.82.